The van der Waals surface area contributed by atoms with Gasteiger partial charge in [-0.2, -0.15) is 0 Å². The summed E-state index contributed by atoms with van der Waals surface area (Å²) >= 11 is 0. The molecule has 2 atom stereocenters. The van der Waals surface area contributed by atoms with Gasteiger partial charge in [0, 0.05) is 30.9 Å². The van der Waals surface area contributed by atoms with Gasteiger partial charge in [0.25, 0.3) is 0 Å². The van der Waals surface area contributed by atoms with Crippen molar-refractivity contribution in [2.75, 3.05) is 25.0 Å². The maximum atomic E-state index is 12.9. The maximum absolute atomic E-state index is 12.9. The third-order valence-electron chi connectivity index (χ3n) is 3.23. The standard InChI is InChI=1S/C13H19FN2.C2H6/c1-10-8-15(3)9-11(2)16(10)13-6-4-12(14)5-7-13;1-2/h4-7,10-11H,8-9H2,1-3H3;1-2H3. The quantitative estimate of drug-likeness (QED) is 0.756. The topological polar surface area (TPSA) is 6.48 Å². The van der Waals surface area contributed by atoms with Gasteiger partial charge in [-0.25, -0.2) is 4.39 Å². The van der Waals surface area contributed by atoms with Crippen molar-refractivity contribution in [1.29, 1.82) is 0 Å². The van der Waals surface area contributed by atoms with Crippen LogP contribution in [0.1, 0.15) is 27.7 Å². The average Bonchev–Trinajstić information content (AvgIpc) is 2.33. The van der Waals surface area contributed by atoms with Crippen LogP contribution in [0.15, 0.2) is 24.3 Å². The summed E-state index contributed by atoms with van der Waals surface area (Å²) in [5.74, 6) is -0.168. The van der Waals surface area contributed by atoms with Crippen LogP contribution in [0.3, 0.4) is 0 Å². The molecule has 0 N–H and O–H groups in total. The molecule has 2 nitrogen and oxygen atoms in total. The lowest BCUT2D eigenvalue weighted by atomic mass is 10.1. The predicted molar refractivity (Wildman–Crippen MR) is 76.6 cm³/mol. The van der Waals surface area contributed by atoms with E-state index < -0.39 is 0 Å². The van der Waals surface area contributed by atoms with Crippen molar-refractivity contribution >= 4 is 5.69 Å². The van der Waals surface area contributed by atoms with E-state index in [4.69, 9.17) is 0 Å². The fourth-order valence-corrected chi connectivity index (χ4v) is 2.71. The van der Waals surface area contributed by atoms with E-state index in [0.717, 1.165) is 18.8 Å². The Kier molecular flexibility index (Phi) is 5.60. The molecule has 0 aromatic heterocycles. The largest absolute Gasteiger partial charge is 0.364 e. The fraction of sp³-hybridized carbons (Fsp3) is 0.600. The smallest absolute Gasteiger partial charge is 0.123 e. The van der Waals surface area contributed by atoms with Gasteiger partial charge >= 0.3 is 0 Å². The Morgan fingerprint density at radius 3 is 1.89 bits per heavy atom. The van der Waals surface area contributed by atoms with Crippen molar-refractivity contribution in [3.8, 4) is 0 Å². The number of hydrogen-bond acceptors (Lipinski definition) is 2. The summed E-state index contributed by atoms with van der Waals surface area (Å²) in [6.07, 6.45) is 0. The Morgan fingerprint density at radius 1 is 1.00 bits per heavy atom. The van der Waals surface area contributed by atoms with E-state index in [1.807, 2.05) is 26.0 Å². The zero-order valence-electron chi connectivity index (χ0n) is 12.2. The van der Waals surface area contributed by atoms with Gasteiger partial charge in [0.1, 0.15) is 5.82 Å². The Morgan fingerprint density at radius 2 is 1.44 bits per heavy atom. The van der Waals surface area contributed by atoms with Crippen molar-refractivity contribution in [3.63, 3.8) is 0 Å². The van der Waals surface area contributed by atoms with E-state index >= 15 is 0 Å². The van der Waals surface area contributed by atoms with E-state index in [1.165, 1.54) is 12.1 Å². The minimum absolute atomic E-state index is 0.168. The number of benzene rings is 1. The molecule has 2 unspecified atom stereocenters. The van der Waals surface area contributed by atoms with Gasteiger partial charge < -0.3 is 9.80 Å². The number of piperazine rings is 1. The maximum Gasteiger partial charge on any atom is 0.123 e. The highest BCUT2D eigenvalue weighted by molar-refractivity contribution is 5.48. The van der Waals surface area contributed by atoms with Gasteiger partial charge in [-0.1, -0.05) is 13.8 Å². The van der Waals surface area contributed by atoms with Crippen LogP contribution in [0.25, 0.3) is 0 Å². The molecule has 2 rings (SSSR count). The first-order valence-corrected chi connectivity index (χ1v) is 6.80. The van der Waals surface area contributed by atoms with Crippen LogP contribution >= 0.6 is 0 Å². The van der Waals surface area contributed by atoms with Crippen molar-refractivity contribution in [2.24, 2.45) is 0 Å². The second kappa shape index (κ2) is 6.74. The molecule has 1 aliphatic rings. The van der Waals surface area contributed by atoms with Gasteiger partial charge in [-0.05, 0) is 45.2 Å². The summed E-state index contributed by atoms with van der Waals surface area (Å²) in [4.78, 5) is 4.72. The molecule has 1 aromatic rings. The lowest BCUT2D eigenvalue weighted by molar-refractivity contribution is 0.240. The summed E-state index contributed by atoms with van der Waals surface area (Å²) in [6, 6.07) is 7.75. The summed E-state index contributed by atoms with van der Waals surface area (Å²) in [5, 5.41) is 0. The highest BCUT2D eigenvalue weighted by Gasteiger charge is 2.27. The van der Waals surface area contributed by atoms with Gasteiger partial charge in [0.2, 0.25) is 0 Å². The summed E-state index contributed by atoms with van der Waals surface area (Å²) in [6.45, 7) is 10.6. The molecule has 18 heavy (non-hydrogen) atoms. The monoisotopic (exact) mass is 252 g/mol. The molecule has 1 aromatic carbocycles. The summed E-state index contributed by atoms with van der Waals surface area (Å²) in [7, 11) is 2.15. The third kappa shape index (κ3) is 3.45. The number of rotatable bonds is 1. The van der Waals surface area contributed by atoms with Gasteiger partial charge in [-0.15, -0.1) is 0 Å². The van der Waals surface area contributed by atoms with E-state index in [-0.39, 0.29) is 5.82 Å². The second-order valence-electron chi connectivity index (χ2n) is 4.80. The molecule has 1 aliphatic heterocycles. The van der Waals surface area contributed by atoms with E-state index in [2.05, 4.69) is 30.7 Å². The highest BCUT2D eigenvalue weighted by atomic mass is 19.1. The Labute approximate surface area is 110 Å². The molecule has 0 aliphatic carbocycles. The lowest BCUT2D eigenvalue weighted by Gasteiger charge is -2.44. The van der Waals surface area contributed by atoms with Crippen LogP contribution < -0.4 is 4.90 Å². The van der Waals surface area contributed by atoms with Gasteiger partial charge in [0.15, 0.2) is 0 Å². The SMILES string of the molecule is CC.CC1CN(C)CC(C)N1c1ccc(F)cc1. The number of nitrogens with zero attached hydrogens (tertiary/aromatic N) is 2. The zero-order chi connectivity index (χ0) is 13.7. The highest BCUT2D eigenvalue weighted by Crippen LogP contribution is 2.24. The Hall–Kier alpha value is -1.09. The van der Waals surface area contributed by atoms with Gasteiger partial charge in [-0.3, -0.25) is 0 Å². The fourth-order valence-electron chi connectivity index (χ4n) is 2.71. The van der Waals surface area contributed by atoms with Crippen LogP contribution in [-0.2, 0) is 0 Å². The van der Waals surface area contributed by atoms with Crippen molar-refractivity contribution in [2.45, 2.75) is 39.8 Å². The molecular weight excluding hydrogens is 227 g/mol. The summed E-state index contributed by atoms with van der Waals surface area (Å²) < 4.78 is 12.9. The molecule has 3 heteroatoms. The van der Waals surface area contributed by atoms with E-state index in [0.29, 0.717) is 12.1 Å². The Balaban J connectivity index is 0.000000771. The first kappa shape index (κ1) is 15.0. The molecule has 0 bridgehead atoms. The third-order valence-corrected chi connectivity index (χ3v) is 3.23. The summed E-state index contributed by atoms with van der Waals surface area (Å²) in [5.41, 5.74) is 1.12. The van der Waals surface area contributed by atoms with Crippen molar-refractivity contribution in [1.82, 2.24) is 4.90 Å². The molecule has 0 amide bonds. The first-order valence-electron chi connectivity index (χ1n) is 6.80. The Bertz CT molecular complexity index is 338. The predicted octanol–water partition coefficient (Wildman–Crippen LogP) is 3.38. The van der Waals surface area contributed by atoms with E-state index in [1.54, 1.807) is 0 Å². The molecule has 1 fully saturated rings. The minimum Gasteiger partial charge on any atom is -0.364 e. The molecule has 1 heterocycles. The van der Waals surface area contributed by atoms with Crippen LogP contribution in [0, 0.1) is 5.82 Å². The normalized spacial score (nSPS) is 24.4. The van der Waals surface area contributed by atoms with Crippen molar-refractivity contribution in [3.05, 3.63) is 30.1 Å². The number of anilines is 1. The second-order valence-corrected chi connectivity index (χ2v) is 4.80. The van der Waals surface area contributed by atoms with Gasteiger partial charge in [0.05, 0.1) is 0 Å². The molecule has 0 spiro atoms. The molecule has 0 saturated carbocycles. The van der Waals surface area contributed by atoms with E-state index in [9.17, 15) is 4.39 Å². The molecule has 102 valence electrons. The van der Waals surface area contributed by atoms with Crippen LogP contribution in [0.2, 0.25) is 0 Å². The molecule has 1 saturated heterocycles. The number of halogens is 1. The van der Waals surface area contributed by atoms with Crippen LogP contribution in [-0.4, -0.2) is 37.1 Å². The molecular formula is C15H25FN2. The van der Waals surface area contributed by atoms with Crippen LogP contribution in [0.4, 0.5) is 10.1 Å². The lowest BCUT2D eigenvalue weighted by Crippen LogP contribution is -2.55. The zero-order valence-corrected chi connectivity index (χ0v) is 12.2. The van der Waals surface area contributed by atoms with Crippen LogP contribution in [0.5, 0.6) is 0 Å². The van der Waals surface area contributed by atoms with Crippen molar-refractivity contribution < 1.29 is 4.39 Å². The first-order chi connectivity index (χ1) is 8.58. The average molecular weight is 252 g/mol. The minimum atomic E-state index is -0.168. The number of hydrogen-bond donors (Lipinski definition) is 0. The molecule has 0 radical (unpaired) electrons. The number of likely N-dealkylation sites (N-methyl/N-ethyl adjacent to an activating group) is 1.